The molecule has 0 spiro atoms. The van der Waals surface area contributed by atoms with Crippen LogP contribution in [-0.2, 0) is 16.2 Å². The fourth-order valence-electron chi connectivity index (χ4n) is 1.92. The molecule has 0 heterocycles. The third kappa shape index (κ3) is 3.91. The molecule has 4 nitrogen and oxygen atoms in total. The van der Waals surface area contributed by atoms with Crippen LogP contribution in [0.4, 0.5) is 0 Å². The molecule has 0 bridgehead atoms. The minimum absolute atomic E-state index is 0.227. The maximum atomic E-state index is 12.0. The second-order valence-corrected chi connectivity index (χ2v) is 4.44. The van der Waals surface area contributed by atoms with Crippen molar-refractivity contribution in [2.24, 2.45) is 5.73 Å². The molecule has 2 aromatic rings. The quantitative estimate of drug-likeness (QED) is 0.789. The second kappa shape index (κ2) is 7.43. The number of carbonyl (C=O) groups excluding carboxylic acids is 1. The Labute approximate surface area is 118 Å². The molecular formula is C16H18N2O2. The van der Waals surface area contributed by atoms with Crippen molar-refractivity contribution in [3.8, 4) is 0 Å². The van der Waals surface area contributed by atoms with E-state index in [-0.39, 0.29) is 12.5 Å². The molecular weight excluding hydrogens is 252 g/mol. The molecule has 0 radical (unpaired) electrons. The lowest BCUT2D eigenvalue weighted by atomic mass is 9.99. The highest BCUT2D eigenvalue weighted by Crippen LogP contribution is 2.14. The monoisotopic (exact) mass is 270 g/mol. The van der Waals surface area contributed by atoms with Crippen LogP contribution in [0.25, 0.3) is 0 Å². The Morgan fingerprint density at radius 2 is 1.65 bits per heavy atom. The van der Waals surface area contributed by atoms with E-state index in [1.54, 1.807) is 0 Å². The van der Waals surface area contributed by atoms with Crippen LogP contribution in [0.3, 0.4) is 0 Å². The summed E-state index contributed by atoms with van der Waals surface area (Å²) >= 11 is 0. The predicted molar refractivity (Wildman–Crippen MR) is 77.6 cm³/mol. The molecule has 104 valence electrons. The number of nitrogens with two attached hydrogens (primary N) is 1. The van der Waals surface area contributed by atoms with Crippen molar-refractivity contribution in [1.82, 2.24) is 5.48 Å². The van der Waals surface area contributed by atoms with E-state index < -0.39 is 5.92 Å². The van der Waals surface area contributed by atoms with E-state index in [1.807, 2.05) is 60.7 Å². The van der Waals surface area contributed by atoms with Gasteiger partial charge < -0.3 is 5.73 Å². The lowest BCUT2D eigenvalue weighted by Gasteiger charge is -2.15. The maximum absolute atomic E-state index is 12.0. The van der Waals surface area contributed by atoms with E-state index in [9.17, 15) is 4.79 Å². The van der Waals surface area contributed by atoms with Crippen LogP contribution >= 0.6 is 0 Å². The minimum Gasteiger partial charge on any atom is -0.329 e. The molecule has 0 aromatic heterocycles. The summed E-state index contributed by atoms with van der Waals surface area (Å²) in [6, 6.07) is 19.1. The zero-order valence-electron chi connectivity index (χ0n) is 11.2. The van der Waals surface area contributed by atoms with Crippen molar-refractivity contribution < 1.29 is 9.63 Å². The predicted octanol–water partition coefficient (Wildman–Crippen LogP) is 1.98. The lowest BCUT2D eigenvalue weighted by molar-refractivity contribution is -0.135. The van der Waals surface area contributed by atoms with Gasteiger partial charge in [0.1, 0.15) is 0 Å². The van der Waals surface area contributed by atoms with Crippen molar-refractivity contribution in [1.29, 1.82) is 0 Å². The Morgan fingerprint density at radius 3 is 2.25 bits per heavy atom. The molecule has 2 aromatic carbocycles. The summed E-state index contributed by atoms with van der Waals surface area (Å²) in [5, 5.41) is 0. The van der Waals surface area contributed by atoms with Gasteiger partial charge in [0.05, 0.1) is 12.5 Å². The largest absolute Gasteiger partial charge is 0.329 e. The lowest BCUT2D eigenvalue weighted by Crippen LogP contribution is -2.33. The summed E-state index contributed by atoms with van der Waals surface area (Å²) in [6.45, 7) is 0.573. The zero-order chi connectivity index (χ0) is 14.2. The number of hydrogen-bond acceptors (Lipinski definition) is 3. The highest BCUT2D eigenvalue weighted by Gasteiger charge is 2.18. The second-order valence-electron chi connectivity index (χ2n) is 4.44. The van der Waals surface area contributed by atoms with E-state index in [1.165, 1.54) is 0 Å². The highest BCUT2D eigenvalue weighted by atomic mass is 16.6. The average Bonchev–Trinajstić information content (AvgIpc) is 2.50. The van der Waals surface area contributed by atoms with Gasteiger partial charge in [0, 0.05) is 6.54 Å². The Hall–Kier alpha value is -2.17. The van der Waals surface area contributed by atoms with E-state index in [0.717, 1.165) is 11.1 Å². The van der Waals surface area contributed by atoms with Gasteiger partial charge in [-0.25, -0.2) is 5.48 Å². The summed E-state index contributed by atoms with van der Waals surface area (Å²) < 4.78 is 0. The zero-order valence-corrected chi connectivity index (χ0v) is 11.2. The number of rotatable bonds is 6. The molecule has 0 saturated heterocycles. The Morgan fingerprint density at radius 1 is 1.05 bits per heavy atom. The molecule has 0 saturated carbocycles. The molecule has 0 fully saturated rings. The van der Waals surface area contributed by atoms with Gasteiger partial charge in [-0.05, 0) is 11.1 Å². The van der Waals surface area contributed by atoms with Gasteiger partial charge in [0.15, 0.2) is 0 Å². The summed E-state index contributed by atoms with van der Waals surface area (Å²) in [5.74, 6) is -0.624. The van der Waals surface area contributed by atoms with Crippen LogP contribution in [-0.4, -0.2) is 12.5 Å². The molecule has 4 heteroatoms. The Balaban J connectivity index is 1.87. The smallest absolute Gasteiger partial charge is 0.252 e. The minimum atomic E-state index is -0.396. The van der Waals surface area contributed by atoms with Crippen LogP contribution in [0.15, 0.2) is 60.7 Å². The summed E-state index contributed by atoms with van der Waals surface area (Å²) in [4.78, 5) is 17.3. The molecule has 20 heavy (non-hydrogen) atoms. The molecule has 0 aliphatic carbocycles. The summed E-state index contributed by atoms with van der Waals surface area (Å²) in [7, 11) is 0. The normalized spacial score (nSPS) is 11.8. The molecule has 3 N–H and O–H groups in total. The first-order chi connectivity index (χ1) is 9.81. The van der Waals surface area contributed by atoms with Gasteiger partial charge in [-0.2, -0.15) is 0 Å². The van der Waals surface area contributed by atoms with E-state index >= 15 is 0 Å². The summed E-state index contributed by atoms with van der Waals surface area (Å²) in [5.41, 5.74) is 10.0. The van der Waals surface area contributed by atoms with Gasteiger partial charge in [0.25, 0.3) is 5.91 Å². The van der Waals surface area contributed by atoms with Crippen molar-refractivity contribution in [3.05, 3.63) is 71.8 Å². The topological polar surface area (TPSA) is 64.4 Å². The molecule has 2 rings (SSSR count). The SMILES string of the molecule is NCC(C(=O)NOCc1ccccc1)c1ccccc1. The van der Waals surface area contributed by atoms with Crippen molar-refractivity contribution in [3.63, 3.8) is 0 Å². The van der Waals surface area contributed by atoms with Crippen LogP contribution in [0.1, 0.15) is 17.0 Å². The third-order valence-electron chi connectivity index (χ3n) is 3.01. The highest BCUT2D eigenvalue weighted by molar-refractivity contribution is 5.83. The number of benzene rings is 2. The van der Waals surface area contributed by atoms with Gasteiger partial charge in [-0.1, -0.05) is 60.7 Å². The number of hydrogen-bond donors (Lipinski definition) is 2. The molecule has 0 aliphatic heterocycles. The number of carbonyl (C=O) groups is 1. The summed E-state index contributed by atoms with van der Waals surface area (Å²) in [6.07, 6.45) is 0. The molecule has 1 unspecified atom stereocenters. The first kappa shape index (κ1) is 14.2. The number of hydroxylamine groups is 1. The van der Waals surface area contributed by atoms with E-state index in [2.05, 4.69) is 5.48 Å². The van der Waals surface area contributed by atoms with E-state index in [0.29, 0.717) is 6.61 Å². The van der Waals surface area contributed by atoms with Gasteiger partial charge in [0.2, 0.25) is 0 Å². The van der Waals surface area contributed by atoms with Crippen molar-refractivity contribution in [2.45, 2.75) is 12.5 Å². The third-order valence-corrected chi connectivity index (χ3v) is 3.01. The number of nitrogens with one attached hydrogen (secondary N) is 1. The fourth-order valence-corrected chi connectivity index (χ4v) is 1.92. The van der Waals surface area contributed by atoms with Crippen LogP contribution in [0.2, 0.25) is 0 Å². The van der Waals surface area contributed by atoms with Gasteiger partial charge >= 0.3 is 0 Å². The fraction of sp³-hybridized carbons (Fsp3) is 0.188. The van der Waals surface area contributed by atoms with Gasteiger partial charge in [-0.3, -0.25) is 9.63 Å². The van der Waals surface area contributed by atoms with Crippen molar-refractivity contribution in [2.75, 3.05) is 6.54 Å². The molecule has 0 aliphatic rings. The Bertz CT molecular complexity index is 529. The van der Waals surface area contributed by atoms with Crippen LogP contribution in [0.5, 0.6) is 0 Å². The van der Waals surface area contributed by atoms with Gasteiger partial charge in [-0.15, -0.1) is 0 Å². The molecule has 1 amide bonds. The average molecular weight is 270 g/mol. The van der Waals surface area contributed by atoms with Crippen molar-refractivity contribution >= 4 is 5.91 Å². The van der Waals surface area contributed by atoms with Crippen LogP contribution in [0, 0.1) is 0 Å². The molecule has 1 atom stereocenters. The standard InChI is InChI=1S/C16H18N2O2/c17-11-15(14-9-5-2-6-10-14)16(19)18-20-12-13-7-3-1-4-8-13/h1-10,15H,11-12,17H2,(H,18,19). The maximum Gasteiger partial charge on any atom is 0.252 e. The van der Waals surface area contributed by atoms with E-state index in [4.69, 9.17) is 10.6 Å². The number of amides is 1. The first-order valence-electron chi connectivity index (χ1n) is 6.52. The van der Waals surface area contributed by atoms with Crippen LogP contribution < -0.4 is 11.2 Å². The Kier molecular flexibility index (Phi) is 5.29. The first-order valence-corrected chi connectivity index (χ1v) is 6.52.